The zero-order valence-corrected chi connectivity index (χ0v) is 58.5. The van der Waals surface area contributed by atoms with Crippen LogP contribution in [0.4, 0.5) is 0 Å². The Bertz CT molecular complexity index is 4240. The topological polar surface area (TPSA) is 493 Å². The van der Waals surface area contributed by atoms with Crippen LogP contribution in [0.2, 0.25) is 0 Å². The highest BCUT2D eigenvalue weighted by atomic mass is 16.4. The van der Waals surface area contributed by atoms with Gasteiger partial charge in [0.1, 0.15) is 48.3 Å². The quantitative estimate of drug-likeness (QED) is 0.0149. The van der Waals surface area contributed by atoms with Gasteiger partial charge in [-0.05, 0) is 97.0 Å². The molecule has 8 amide bonds. The maximum atomic E-state index is 15.5. The number of carboxylic acid groups (broad SMARTS) is 1. The Kier molecular flexibility index (Phi) is 29.3. The number of carbonyl (C=O) groups is 9. The number of hydrogen-bond acceptors (Lipinski definition) is 13. The van der Waals surface area contributed by atoms with Gasteiger partial charge in [0.25, 0.3) is 0 Å². The van der Waals surface area contributed by atoms with E-state index in [4.69, 9.17) is 33.8 Å². The van der Waals surface area contributed by atoms with Gasteiger partial charge in [-0.2, -0.15) is 0 Å². The van der Waals surface area contributed by atoms with Crippen molar-refractivity contribution in [2.24, 2.45) is 28.9 Å². The number of unbranched alkanes of at least 4 members (excludes halogenated alkanes) is 1. The smallest absolute Gasteiger partial charge is 0.326 e. The van der Waals surface area contributed by atoms with Gasteiger partial charge in [0, 0.05) is 96.5 Å². The van der Waals surface area contributed by atoms with E-state index in [1.54, 1.807) is 86.2 Å². The zero-order chi connectivity index (χ0) is 74.7. The Hall–Kier alpha value is -11.6. The number of aromatic amines is 3. The number of guanidine groups is 2. The van der Waals surface area contributed by atoms with E-state index in [1.165, 1.54) is 0 Å². The molecule has 0 saturated heterocycles. The molecular formula is C75H97N19O10. The summed E-state index contributed by atoms with van der Waals surface area (Å²) in [5, 5.41) is 55.7. The normalized spacial score (nSPS) is 14.2. The molecule has 10 atom stereocenters. The molecule has 3 heterocycles. The average molecular weight is 1420 g/mol. The summed E-state index contributed by atoms with van der Waals surface area (Å²) in [5.74, 6) is -8.78. The van der Waals surface area contributed by atoms with Crippen LogP contribution in [0.5, 0.6) is 0 Å². The van der Waals surface area contributed by atoms with Crippen molar-refractivity contribution in [3.63, 3.8) is 0 Å². The lowest BCUT2D eigenvalue weighted by Gasteiger charge is -2.30. The fourth-order valence-corrected chi connectivity index (χ4v) is 12.4. The molecule has 29 heteroatoms. The van der Waals surface area contributed by atoms with E-state index in [2.05, 4.69) is 68.1 Å². The van der Waals surface area contributed by atoms with Crippen molar-refractivity contribution in [2.45, 2.75) is 152 Å². The number of carbonyl (C=O) groups excluding carboxylic acids is 8. The number of amides is 8. The lowest BCUT2D eigenvalue weighted by molar-refractivity contribution is -0.142. The predicted octanol–water partition coefficient (Wildman–Crippen LogP) is 2.64. The van der Waals surface area contributed by atoms with Gasteiger partial charge >= 0.3 is 5.97 Å². The molecule has 0 aliphatic rings. The van der Waals surface area contributed by atoms with Crippen molar-refractivity contribution in [3.8, 4) is 0 Å². The minimum absolute atomic E-state index is 0.0440. The van der Waals surface area contributed by atoms with E-state index in [1.807, 2.05) is 79.7 Å². The summed E-state index contributed by atoms with van der Waals surface area (Å²) in [4.78, 5) is 142. The number of carboxylic acids is 1. The highest BCUT2D eigenvalue weighted by Crippen LogP contribution is 2.24. The molecule has 0 spiro atoms. The number of hydrogen-bond donors (Lipinski definition) is 20. The van der Waals surface area contributed by atoms with Crippen molar-refractivity contribution in [1.82, 2.24) is 68.1 Å². The molecule has 0 aliphatic carbocycles. The number of aliphatic carboxylic acids is 1. The maximum Gasteiger partial charge on any atom is 0.326 e. The van der Waals surface area contributed by atoms with Crippen LogP contribution < -0.4 is 76.1 Å². The molecule has 0 aliphatic heterocycles. The van der Waals surface area contributed by atoms with E-state index < -0.39 is 114 Å². The molecule has 5 aromatic carbocycles. The Labute approximate surface area is 602 Å². The van der Waals surface area contributed by atoms with Crippen molar-refractivity contribution in [1.29, 1.82) is 10.8 Å². The first kappa shape index (κ1) is 78.1. The van der Waals surface area contributed by atoms with Gasteiger partial charge in [0.15, 0.2) is 11.9 Å². The van der Waals surface area contributed by atoms with Gasteiger partial charge in [0.2, 0.25) is 47.3 Å². The molecule has 0 saturated carbocycles. The number of nitrogens with two attached hydrogens (primary N) is 4. The first-order valence-electron chi connectivity index (χ1n) is 35.1. The third kappa shape index (κ3) is 23.0. The van der Waals surface area contributed by atoms with E-state index in [0.29, 0.717) is 60.0 Å². The molecule has 29 nitrogen and oxygen atoms in total. The van der Waals surface area contributed by atoms with Gasteiger partial charge < -0.3 is 96.2 Å². The van der Waals surface area contributed by atoms with Crippen molar-refractivity contribution in [3.05, 3.63) is 180 Å². The maximum absolute atomic E-state index is 15.5. The third-order valence-electron chi connectivity index (χ3n) is 18.3. The zero-order valence-electron chi connectivity index (χ0n) is 58.5. The number of benzene rings is 5. The monoisotopic (exact) mass is 1420 g/mol. The number of fused-ring (bicyclic) bond motifs is 3. The molecule has 24 N–H and O–H groups in total. The van der Waals surface area contributed by atoms with Crippen molar-refractivity contribution >= 4 is 97.9 Å². The Morgan fingerprint density at radius 1 is 0.413 bits per heavy atom. The SMILES string of the molecule is CC[C@H](C)[C@H](NC(=O)[C@H](Cc1c[nH]c2ccccc12)NC(=O)[C@H](Cc1ccccc1)NC(=O)[C@H](CCCNC(=N)N)NC(=O)[C@@H](N)CCCCN)C(=O)N[C@@H](Cc1c[nH]c2ccccc12)C(=O)N[C@@H](Cc1ccccc1)C(=O)N[C@@H](Cc1c[nH]c2ccccc12)C(=O)N[C@@H](CCCNC(=N)N)C(=O)O. The first-order chi connectivity index (χ1) is 50.1. The van der Waals surface area contributed by atoms with Gasteiger partial charge in [-0.1, -0.05) is 142 Å². The molecule has 0 bridgehead atoms. The Balaban J connectivity index is 1.10. The molecule has 8 rings (SSSR count). The first-order valence-corrected chi connectivity index (χ1v) is 35.1. The Morgan fingerprint density at radius 2 is 0.750 bits per heavy atom. The molecule has 3 aromatic heterocycles. The summed E-state index contributed by atoms with van der Waals surface area (Å²) in [5.41, 5.74) is 28.3. The lowest BCUT2D eigenvalue weighted by atomic mass is 9.95. The number of para-hydroxylation sites is 3. The molecular weight excluding hydrogens is 1330 g/mol. The van der Waals surface area contributed by atoms with Gasteiger partial charge in [-0.25, -0.2) is 4.79 Å². The van der Waals surface area contributed by atoms with Crippen LogP contribution in [0.1, 0.15) is 93.0 Å². The Morgan fingerprint density at radius 3 is 1.13 bits per heavy atom. The van der Waals surface area contributed by atoms with Crippen molar-refractivity contribution in [2.75, 3.05) is 19.6 Å². The molecule has 552 valence electrons. The molecule has 0 fully saturated rings. The molecule has 0 radical (unpaired) electrons. The summed E-state index contributed by atoms with van der Waals surface area (Å²) in [7, 11) is 0. The number of rotatable bonds is 41. The fourth-order valence-electron chi connectivity index (χ4n) is 12.4. The number of H-pyrrole nitrogens is 3. The molecule has 0 unspecified atom stereocenters. The van der Waals surface area contributed by atoms with E-state index in [9.17, 15) is 24.3 Å². The van der Waals surface area contributed by atoms with Gasteiger partial charge in [-0.3, -0.25) is 49.2 Å². The second-order valence-electron chi connectivity index (χ2n) is 26.1. The summed E-state index contributed by atoms with van der Waals surface area (Å²) >= 11 is 0. The fraction of sp³-hybridized carbons (Fsp3) is 0.373. The summed E-state index contributed by atoms with van der Waals surface area (Å²) in [6, 6.07) is 27.5. The van der Waals surface area contributed by atoms with Crippen molar-refractivity contribution < 1.29 is 48.3 Å². The average Bonchev–Trinajstić information content (AvgIpc) is 1.65. The van der Waals surface area contributed by atoms with E-state index in [0.717, 1.165) is 32.7 Å². The third-order valence-corrected chi connectivity index (χ3v) is 18.3. The largest absolute Gasteiger partial charge is 0.480 e. The molecule has 8 aromatic rings. The number of aromatic nitrogens is 3. The summed E-state index contributed by atoms with van der Waals surface area (Å²) in [6.45, 7) is 4.29. The minimum atomic E-state index is -1.47. The summed E-state index contributed by atoms with van der Waals surface area (Å²) < 4.78 is 0. The van der Waals surface area contributed by atoms with Crippen LogP contribution in [0.25, 0.3) is 32.7 Å². The summed E-state index contributed by atoms with van der Waals surface area (Å²) in [6.07, 6.45) is 6.75. The minimum Gasteiger partial charge on any atom is -0.480 e. The van der Waals surface area contributed by atoms with Crippen LogP contribution in [0, 0.1) is 16.7 Å². The molecule has 104 heavy (non-hydrogen) atoms. The number of nitrogens with one attached hydrogen (secondary N) is 15. The van der Waals surface area contributed by atoms with Crippen LogP contribution in [-0.4, -0.2) is 159 Å². The van der Waals surface area contributed by atoms with Gasteiger partial charge in [-0.15, -0.1) is 0 Å². The van der Waals surface area contributed by atoms with Crippen LogP contribution in [-0.2, 0) is 75.3 Å². The van der Waals surface area contributed by atoms with Crippen LogP contribution in [0.15, 0.2) is 152 Å². The van der Waals surface area contributed by atoms with Gasteiger partial charge in [0.05, 0.1) is 6.04 Å². The highest BCUT2D eigenvalue weighted by Gasteiger charge is 2.38. The predicted molar refractivity (Wildman–Crippen MR) is 398 cm³/mol. The second-order valence-corrected chi connectivity index (χ2v) is 26.1. The van der Waals surface area contributed by atoms with Crippen LogP contribution >= 0.6 is 0 Å². The standard InChI is InChI=1S/C75H97N19O10/c1-3-44(2)64(94-71(101)63(40-49-43-86-56-30-15-12-26-52(49)56)92-67(97)59(36-45-20-6-4-7-21-45)89-66(96)57(31-18-34-82-74(78)79)87-65(95)53(77)27-16-17-33-76)72(102)93-62(39-48-42-85-55-29-14-11-25-51(48)55)70(100)90-60(37-46-22-8-5-9-23-46)68(98)91-61(38-47-41-84-54-28-13-10-24-50(47)54)69(99)88-58(73(103)104)32-19-35-83-75(80)81/h4-15,20-26,28-30,41-44,53,57-64,84-86H,3,16-19,27,31-40,76-77H2,1-2H3,(H,87,95)(H,88,99)(H,89,96)(H,90,100)(H,91,98)(H,92,97)(H,93,102)(H,94,101)(H,103,104)(H4,78,79,82)(H4,80,81,83)/t44-,53-,57-,58-,59-,60-,61-,62-,63-,64-/m0/s1. The van der Waals surface area contributed by atoms with Crippen LogP contribution in [0.3, 0.4) is 0 Å². The highest BCUT2D eigenvalue weighted by molar-refractivity contribution is 6.00. The van der Waals surface area contributed by atoms with E-state index >= 15 is 24.0 Å². The second kappa shape index (κ2) is 39.0. The van der Waals surface area contributed by atoms with E-state index in [-0.39, 0.29) is 82.8 Å². The lowest BCUT2D eigenvalue weighted by Crippen LogP contribution is -2.62.